The Morgan fingerprint density at radius 1 is 1.21 bits per heavy atom. The minimum absolute atomic E-state index is 0.263. The first kappa shape index (κ1) is 14.4. The number of hydrogen-bond donors (Lipinski definition) is 2. The van der Waals surface area contributed by atoms with Crippen LogP contribution in [0.5, 0.6) is 0 Å². The van der Waals surface area contributed by atoms with Gasteiger partial charge in [-0.25, -0.2) is 0 Å². The summed E-state index contributed by atoms with van der Waals surface area (Å²) in [5, 5.41) is 12.9. The van der Waals surface area contributed by atoms with Crippen LogP contribution in [-0.4, -0.2) is 30.8 Å². The molecular formula is C16H26N2O. The summed E-state index contributed by atoms with van der Waals surface area (Å²) in [6.07, 6.45) is 4.86. The molecule has 1 unspecified atom stereocenters. The molecule has 1 atom stereocenters. The van der Waals surface area contributed by atoms with Gasteiger partial charge in [0.15, 0.2) is 0 Å². The number of anilines is 1. The Labute approximate surface area is 116 Å². The van der Waals surface area contributed by atoms with Crippen molar-refractivity contribution in [3.63, 3.8) is 0 Å². The zero-order valence-electron chi connectivity index (χ0n) is 11.9. The van der Waals surface area contributed by atoms with E-state index in [1.54, 1.807) is 0 Å². The van der Waals surface area contributed by atoms with E-state index in [2.05, 4.69) is 41.4 Å². The van der Waals surface area contributed by atoms with Crippen LogP contribution in [0.15, 0.2) is 24.3 Å². The third kappa shape index (κ3) is 3.95. The molecule has 0 bridgehead atoms. The average Bonchev–Trinajstić information content (AvgIpc) is 2.70. The molecule has 2 N–H and O–H groups in total. The second-order valence-electron chi connectivity index (χ2n) is 5.33. The van der Waals surface area contributed by atoms with Crippen molar-refractivity contribution in [2.45, 2.75) is 45.2 Å². The SMILES string of the molecule is CCNCc1ccc(N2CCCCCC2CO)cc1. The fourth-order valence-electron chi connectivity index (χ4n) is 2.78. The molecule has 0 aromatic heterocycles. The maximum Gasteiger partial charge on any atom is 0.0635 e. The van der Waals surface area contributed by atoms with Crippen LogP contribution in [0.2, 0.25) is 0 Å². The van der Waals surface area contributed by atoms with Gasteiger partial charge in [-0.15, -0.1) is 0 Å². The molecule has 1 aliphatic heterocycles. The maximum absolute atomic E-state index is 9.57. The third-order valence-corrected chi connectivity index (χ3v) is 3.93. The van der Waals surface area contributed by atoms with E-state index < -0.39 is 0 Å². The fourth-order valence-corrected chi connectivity index (χ4v) is 2.78. The van der Waals surface area contributed by atoms with Gasteiger partial charge in [0.05, 0.1) is 12.6 Å². The Kier molecular flexibility index (Phi) is 5.67. The molecule has 0 spiro atoms. The van der Waals surface area contributed by atoms with Crippen LogP contribution in [0.1, 0.15) is 38.2 Å². The molecule has 3 heteroatoms. The Balaban J connectivity index is 2.06. The zero-order chi connectivity index (χ0) is 13.5. The lowest BCUT2D eigenvalue weighted by Crippen LogP contribution is -2.37. The van der Waals surface area contributed by atoms with E-state index in [4.69, 9.17) is 0 Å². The molecule has 1 saturated heterocycles. The van der Waals surface area contributed by atoms with Gasteiger partial charge in [-0.05, 0) is 37.1 Å². The first-order valence-corrected chi connectivity index (χ1v) is 7.52. The smallest absolute Gasteiger partial charge is 0.0635 e. The fraction of sp³-hybridized carbons (Fsp3) is 0.625. The summed E-state index contributed by atoms with van der Waals surface area (Å²) in [4.78, 5) is 2.38. The minimum Gasteiger partial charge on any atom is -0.394 e. The zero-order valence-corrected chi connectivity index (χ0v) is 11.9. The predicted molar refractivity (Wildman–Crippen MR) is 80.5 cm³/mol. The lowest BCUT2D eigenvalue weighted by Gasteiger charge is -2.31. The summed E-state index contributed by atoms with van der Waals surface area (Å²) in [6.45, 7) is 5.38. The molecule has 0 amide bonds. The van der Waals surface area contributed by atoms with Gasteiger partial charge in [0, 0.05) is 18.8 Å². The lowest BCUT2D eigenvalue weighted by atomic mass is 10.1. The van der Waals surface area contributed by atoms with E-state index in [0.717, 1.165) is 26.1 Å². The lowest BCUT2D eigenvalue weighted by molar-refractivity contribution is 0.255. The van der Waals surface area contributed by atoms with Crippen molar-refractivity contribution in [1.29, 1.82) is 0 Å². The molecular weight excluding hydrogens is 236 g/mol. The van der Waals surface area contributed by atoms with Gasteiger partial charge >= 0.3 is 0 Å². The van der Waals surface area contributed by atoms with Gasteiger partial charge in [-0.2, -0.15) is 0 Å². The summed E-state index contributed by atoms with van der Waals surface area (Å²) in [5.74, 6) is 0. The van der Waals surface area contributed by atoms with Gasteiger partial charge in [0.2, 0.25) is 0 Å². The Morgan fingerprint density at radius 3 is 2.68 bits per heavy atom. The second kappa shape index (κ2) is 7.51. The molecule has 0 radical (unpaired) electrons. The molecule has 2 rings (SSSR count). The van der Waals surface area contributed by atoms with Crippen molar-refractivity contribution in [3.8, 4) is 0 Å². The summed E-state index contributed by atoms with van der Waals surface area (Å²) < 4.78 is 0. The van der Waals surface area contributed by atoms with Crippen LogP contribution in [0.25, 0.3) is 0 Å². The number of nitrogens with one attached hydrogen (secondary N) is 1. The van der Waals surface area contributed by atoms with Gasteiger partial charge < -0.3 is 15.3 Å². The van der Waals surface area contributed by atoms with Crippen LogP contribution < -0.4 is 10.2 Å². The van der Waals surface area contributed by atoms with Crippen molar-refractivity contribution in [2.75, 3.05) is 24.6 Å². The molecule has 1 heterocycles. The first-order chi connectivity index (χ1) is 9.35. The van der Waals surface area contributed by atoms with Crippen molar-refractivity contribution in [2.24, 2.45) is 0 Å². The largest absolute Gasteiger partial charge is 0.394 e. The summed E-state index contributed by atoms with van der Waals surface area (Å²) >= 11 is 0. The van der Waals surface area contributed by atoms with E-state index in [0.29, 0.717) is 6.04 Å². The van der Waals surface area contributed by atoms with Gasteiger partial charge in [0.25, 0.3) is 0 Å². The molecule has 1 fully saturated rings. The summed E-state index contributed by atoms with van der Waals surface area (Å²) in [5.41, 5.74) is 2.57. The van der Waals surface area contributed by atoms with Crippen molar-refractivity contribution < 1.29 is 5.11 Å². The third-order valence-electron chi connectivity index (χ3n) is 3.93. The molecule has 106 valence electrons. The van der Waals surface area contributed by atoms with E-state index in [-0.39, 0.29) is 6.61 Å². The van der Waals surface area contributed by atoms with E-state index in [1.807, 2.05) is 0 Å². The van der Waals surface area contributed by atoms with Crippen molar-refractivity contribution in [3.05, 3.63) is 29.8 Å². The van der Waals surface area contributed by atoms with Crippen LogP contribution >= 0.6 is 0 Å². The Hall–Kier alpha value is -1.06. The highest BCUT2D eigenvalue weighted by molar-refractivity contribution is 5.48. The number of benzene rings is 1. The van der Waals surface area contributed by atoms with E-state index in [9.17, 15) is 5.11 Å². The van der Waals surface area contributed by atoms with Crippen LogP contribution in [0, 0.1) is 0 Å². The molecule has 1 aromatic carbocycles. The molecule has 3 nitrogen and oxygen atoms in total. The number of nitrogens with zero attached hydrogens (tertiary/aromatic N) is 1. The topological polar surface area (TPSA) is 35.5 Å². The first-order valence-electron chi connectivity index (χ1n) is 7.52. The van der Waals surface area contributed by atoms with Gasteiger partial charge in [0.1, 0.15) is 0 Å². The molecule has 0 saturated carbocycles. The predicted octanol–water partition coefficient (Wildman–Crippen LogP) is 2.54. The van der Waals surface area contributed by atoms with Crippen LogP contribution in [0.4, 0.5) is 5.69 Å². The van der Waals surface area contributed by atoms with Crippen molar-refractivity contribution >= 4 is 5.69 Å². The highest BCUT2D eigenvalue weighted by Crippen LogP contribution is 2.24. The van der Waals surface area contributed by atoms with E-state index in [1.165, 1.54) is 30.5 Å². The maximum atomic E-state index is 9.57. The average molecular weight is 262 g/mol. The van der Waals surface area contributed by atoms with Crippen LogP contribution in [0.3, 0.4) is 0 Å². The number of hydrogen-bond acceptors (Lipinski definition) is 3. The molecule has 19 heavy (non-hydrogen) atoms. The molecule has 1 aliphatic rings. The Morgan fingerprint density at radius 2 is 2.00 bits per heavy atom. The molecule has 1 aromatic rings. The number of aliphatic hydroxyl groups excluding tert-OH is 1. The van der Waals surface area contributed by atoms with E-state index >= 15 is 0 Å². The van der Waals surface area contributed by atoms with Crippen molar-refractivity contribution in [1.82, 2.24) is 5.32 Å². The van der Waals surface area contributed by atoms with Gasteiger partial charge in [-0.1, -0.05) is 31.9 Å². The molecule has 0 aliphatic carbocycles. The monoisotopic (exact) mass is 262 g/mol. The Bertz CT molecular complexity index is 364. The second-order valence-corrected chi connectivity index (χ2v) is 5.33. The number of aliphatic hydroxyl groups is 1. The van der Waals surface area contributed by atoms with Gasteiger partial charge in [-0.3, -0.25) is 0 Å². The normalized spacial score (nSPS) is 20.3. The highest BCUT2D eigenvalue weighted by Gasteiger charge is 2.20. The summed E-state index contributed by atoms with van der Waals surface area (Å²) in [6, 6.07) is 9.07. The van der Waals surface area contributed by atoms with Crippen LogP contribution in [-0.2, 0) is 6.54 Å². The summed E-state index contributed by atoms with van der Waals surface area (Å²) in [7, 11) is 0. The highest BCUT2D eigenvalue weighted by atomic mass is 16.3. The number of rotatable bonds is 5. The standard InChI is InChI=1S/C16H26N2O/c1-2-17-12-14-7-9-15(10-8-14)18-11-5-3-4-6-16(18)13-19/h7-10,16-17,19H,2-6,11-13H2,1H3. The minimum atomic E-state index is 0.263. The quantitative estimate of drug-likeness (QED) is 0.856.